The van der Waals surface area contributed by atoms with E-state index in [4.69, 9.17) is 0 Å². The van der Waals surface area contributed by atoms with Crippen molar-refractivity contribution in [2.45, 2.75) is 50.5 Å². The SMILES string of the molecule is OC(CCN(CC1=CC(OC(F)(F)F)CC=C1)Cc1cccc(OC(F)(F)F)c1)C(F)(F)F. The summed E-state index contributed by atoms with van der Waals surface area (Å²) < 4.78 is 121. The van der Waals surface area contributed by atoms with Crippen LogP contribution >= 0.6 is 0 Å². The molecule has 1 aromatic carbocycles. The van der Waals surface area contributed by atoms with E-state index >= 15 is 0 Å². The molecule has 0 aliphatic heterocycles. The number of benzene rings is 1. The maximum Gasteiger partial charge on any atom is 0.573 e. The predicted molar refractivity (Wildman–Crippen MR) is 97.8 cm³/mol. The fraction of sp³-hybridized carbons (Fsp3) is 0.500. The van der Waals surface area contributed by atoms with Gasteiger partial charge in [-0.05, 0) is 36.1 Å². The van der Waals surface area contributed by atoms with Gasteiger partial charge in [0.15, 0.2) is 6.10 Å². The quantitative estimate of drug-likeness (QED) is 0.462. The van der Waals surface area contributed by atoms with Crippen molar-refractivity contribution < 1.29 is 54.1 Å². The zero-order valence-corrected chi connectivity index (χ0v) is 16.8. The van der Waals surface area contributed by atoms with Crippen LogP contribution in [0.25, 0.3) is 0 Å². The summed E-state index contributed by atoms with van der Waals surface area (Å²) in [4.78, 5) is 1.35. The third-order valence-corrected chi connectivity index (χ3v) is 4.43. The van der Waals surface area contributed by atoms with Crippen molar-refractivity contribution in [3.05, 3.63) is 53.6 Å². The highest BCUT2D eigenvalue weighted by Crippen LogP contribution is 2.27. The number of ether oxygens (including phenoxy) is 2. The number of rotatable bonds is 9. The van der Waals surface area contributed by atoms with Gasteiger partial charge in [0, 0.05) is 19.6 Å². The van der Waals surface area contributed by atoms with Crippen molar-refractivity contribution in [2.24, 2.45) is 0 Å². The van der Waals surface area contributed by atoms with Gasteiger partial charge in [-0.1, -0.05) is 30.4 Å². The molecule has 1 aliphatic carbocycles. The predicted octanol–water partition coefficient (Wildman–Crippen LogP) is 5.49. The highest BCUT2D eigenvalue weighted by Gasteiger charge is 2.38. The summed E-state index contributed by atoms with van der Waals surface area (Å²) in [6.07, 6.45) is -15.4. The lowest BCUT2D eigenvalue weighted by Crippen LogP contribution is -2.35. The molecule has 0 heterocycles. The normalized spacial score (nSPS) is 18.4. The van der Waals surface area contributed by atoms with E-state index in [0.717, 1.165) is 12.1 Å². The number of hydrogen-bond acceptors (Lipinski definition) is 4. The minimum Gasteiger partial charge on any atom is -0.406 e. The molecule has 2 unspecified atom stereocenters. The third kappa shape index (κ3) is 10.5. The van der Waals surface area contributed by atoms with Crippen LogP contribution < -0.4 is 4.74 Å². The van der Waals surface area contributed by atoms with Crippen molar-refractivity contribution in [2.75, 3.05) is 13.1 Å². The van der Waals surface area contributed by atoms with Gasteiger partial charge in [-0.2, -0.15) is 13.2 Å². The molecule has 0 saturated carbocycles. The van der Waals surface area contributed by atoms with Crippen molar-refractivity contribution in [3.63, 3.8) is 0 Å². The van der Waals surface area contributed by atoms with Crippen LogP contribution in [0, 0.1) is 0 Å². The van der Waals surface area contributed by atoms with E-state index in [1.165, 1.54) is 35.3 Å². The van der Waals surface area contributed by atoms with Crippen LogP contribution in [0.15, 0.2) is 48.1 Å². The minimum atomic E-state index is -4.94. The van der Waals surface area contributed by atoms with Gasteiger partial charge >= 0.3 is 18.9 Å². The zero-order valence-electron chi connectivity index (χ0n) is 16.8. The smallest absolute Gasteiger partial charge is 0.406 e. The second-order valence-electron chi connectivity index (χ2n) is 7.23. The Morgan fingerprint density at radius 1 is 1.00 bits per heavy atom. The summed E-state index contributed by atoms with van der Waals surface area (Å²) in [6, 6.07) is 4.75. The van der Waals surface area contributed by atoms with E-state index in [1.54, 1.807) is 0 Å². The van der Waals surface area contributed by atoms with Crippen molar-refractivity contribution in [3.8, 4) is 5.75 Å². The van der Waals surface area contributed by atoms with Gasteiger partial charge in [-0.25, -0.2) is 0 Å². The number of nitrogens with zero attached hydrogens (tertiary/aromatic N) is 1. The summed E-state index contributed by atoms with van der Waals surface area (Å²) in [5, 5.41) is 9.28. The summed E-state index contributed by atoms with van der Waals surface area (Å²) in [7, 11) is 0. The molecule has 1 N–H and O–H groups in total. The third-order valence-electron chi connectivity index (χ3n) is 4.43. The summed E-state index contributed by atoms with van der Waals surface area (Å²) in [6.45, 7) is -0.639. The first-order chi connectivity index (χ1) is 15.1. The van der Waals surface area contributed by atoms with E-state index in [1.807, 2.05) is 0 Å². The number of aliphatic hydroxyl groups excluding tert-OH is 1. The molecule has 4 nitrogen and oxygen atoms in total. The van der Waals surface area contributed by atoms with E-state index in [9.17, 15) is 44.6 Å². The topological polar surface area (TPSA) is 41.9 Å². The summed E-state index contributed by atoms with van der Waals surface area (Å²) in [5.41, 5.74) is 0.557. The molecule has 2 rings (SSSR count). The molecule has 1 aromatic rings. The second kappa shape index (κ2) is 10.8. The van der Waals surface area contributed by atoms with Crippen LogP contribution in [-0.2, 0) is 11.3 Å². The average Bonchev–Trinajstić information content (AvgIpc) is 2.63. The number of alkyl halides is 9. The Morgan fingerprint density at radius 2 is 1.70 bits per heavy atom. The second-order valence-corrected chi connectivity index (χ2v) is 7.23. The van der Waals surface area contributed by atoms with Crippen molar-refractivity contribution in [1.82, 2.24) is 4.90 Å². The van der Waals surface area contributed by atoms with Crippen LogP contribution in [-0.4, -0.2) is 54.2 Å². The Morgan fingerprint density at radius 3 is 2.30 bits per heavy atom. The lowest BCUT2D eigenvalue weighted by Gasteiger charge is -2.27. The Balaban J connectivity index is 2.16. The first kappa shape index (κ1) is 27.0. The molecular weight excluding hydrogens is 473 g/mol. The Kier molecular flexibility index (Phi) is 8.82. The van der Waals surface area contributed by atoms with Crippen LogP contribution in [0.4, 0.5) is 39.5 Å². The van der Waals surface area contributed by atoms with Gasteiger partial charge in [0.05, 0.1) is 6.10 Å². The molecule has 33 heavy (non-hydrogen) atoms. The van der Waals surface area contributed by atoms with E-state index in [2.05, 4.69) is 9.47 Å². The van der Waals surface area contributed by atoms with Gasteiger partial charge in [0.25, 0.3) is 0 Å². The van der Waals surface area contributed by atoms with Crippen LogP contribution in [0.3, 0.4) is 0 Å². The minimum absolute atomic E-state index is 0.0629. The number of aliphatic hydroxyl groups is 1. The number of halogens is 9. The molecule has 0 aromatic heterocycles. The van der Waals surface area contributed by atoms with Gasteiger partial charge in [-0.3, -0.25) is 9.64 Å². The monoisotopic (exact) mass is 493 g/mol. The first-order valence-electron chi connectivity index (χ1n) is 9.54. The molecular formula is C20H20F9NO3. The Bertz CT molecular complexity index is 831. The van der Waals surface area contributed by atoms with Gasteiger partial charge in [0.1, 0.15) is 5.75 Å². The van der Waals surface area contributed by atoms with Gasteiger partial charge in [-0.15, -0.1) is 26.3 Å². The molecule has 0 radical (unpaired) electrons. The molecule has 0 saturated heterocycles. The number of hydrogen-bond donors (Lipinski definition) is 1. The summed E-state index contributed by atoms with van der Waals surface area (Å²) >= 11 is 0. The molecule has 13 heteroatoms. The van der Waals surface area contributed by atoms with Crippen molar-refractivity contribution in [1.29, 1.82) is 0 Å². The van der Waals surface area contributed by atoms with Crippen molar-refractivity contribution >= 4 is 0 Å². The highest BCUT2D eigenvalue weighted by molar-refractivity contribution is 5.30. The van der Waals surface area contributed by atoms with E-state index in [0.29, 0.717) is 5.57 Å². The average molecular weight is 493 g/mol. The zero-order chi connectivity index (χ0) is 24.9. The fourth-order valence-electron chi connectivity index (χ4n) is 3.11. The molecule has 0 spiro atoms. The van der Waals surface area contributed by atoms with Gasteiger partial charge < -0.3 is 9.84 Å². The van der Waals surface area contributed by atoms with E-state index < -0.39 is 43.3 Å². The molecule has 0 fully saturated rings. The fourth-order valence-corrected chi connectivity index (χ4v) is 3.11. The molecule has 1 aliphatic rings. The van der Waals surface area contributed by atoms with E-state index in [-0.39, 0.29) is 31.6 Å². The molecule has 0 amide bonds. The Labute approximate surface area is 182 Å². The Hall–Kier alpha value is -2.25. The molecule has 2 atom stereocenters. The van der Waals surface area contributed by atoms with Gasteiger partial charge in [0.2, 0.25) is 0 Å². The lowest BCUT2D eigenvalue weighted by atomic mass is 10.0. The largest absolute Gasteiger partial charge is 0.573 e. The van der Waals surface area contributed by atoms with Crippen LogP contribution in [0.2, 0.25) is 0 Å². The van der Waals surface area contributed by atoms with Crippen LogP contribution in [0.1, 0.15) is 18.4 Å². The van der Waals surface area contributed by atoms with Crippen LogP contribution in [0.5, 0.6) is 5.75 Å². The maximum absolute atomic E-state index is 12.7. The lowest BCUT2D eigenvalue weighted by molar-refractivity contribution is -0.336. The molecule has 186 valence electrons. The summed E-state index contributed by atoms with van der Waals surface area (Å²) in [5.74, 6) is -0.536. The molecule has 0 bridgehead atoms. The highest BCUT2D eigenvalue weighted by atomic mass is 19.4. The standard InChI is InChI=1S/C20H20F9NO3/c21-18(22,23)17(31)7-8-30(11-13-3-1-5-15(9-13)32-19(24,25)26)12-14-4-2-6-16(10-14)33-20(27,28)29/h1-5,9-10,16-17,31H,6-8,11-12H2. The first-order valence-corrected chi connectivity index (χ1v) is 9.54. The maximum atomic E-state index is 12.7.